The van der Waals surface area contributed by atoms with Crippen LogP contribution < -0.4 is 5.32 Å². The number of thiazole rings is 1. The Hall–Kier alpha value is -3.37. The lowest BCUT2D eigenvalue weighted by Crippen LogP contribution is -2.13. The SMILES string of the molecule is C=CCn1c(-c2sc(NC(=O)Cc3cnn(-c4ccccc4)c3)nc2C)n[nH]c1=S. The lowest BCUT2D eigenvalue weighted by atomic mass is 10.2. The number of nitrogens with zero attached hydrogens (tertiary/aromatic N) is 5. The third-order valence-electron chi connectivity index (χ3n) is 4.34. The Kier molecular flexibility index (Phi) is 5.68. The van der Waals surface area contributed by atoms with E-state index in [9.17, 15) is 4.79 Å². The molecular formula is C20H19N7OS2. The molecule has 1 aromatic carbocycles. The first-order valence-electron chi connectivity index (χ1n) is 9.18. The molecule has 4 aromatic rings. The summed E-state index contributed by atoms with van der Waals surface area (Å²) in [6, 6.07) is 9.75. The molecule has 30 heavy (non-hydrogen) atoms. The Morgan fingerprint density at radius 2 is 2.17 bits per heavy atom. The Morgan fingerprint density at radius 1 is 1.37 bits per heavy atom. The second kappa shape index (κ2) is 8.56. The summed E-state index contributed by atoms with van der Waals surface area (Å²) in [6.07, 6.45) is 5.50. The van der Waals surface area contributed by atoms with E-state index >= 15 is 0 Å². The van der Waals surface area contributed by atoms with Gasteiger partial charge in [-0.1, -0.05) is 35.6 Å². The molecule has 8 nitrogen and oxygen atoms in total. The van der Waals surface area contributed by atoms with Crippen molar-refractivity contribution in [3.63, 3.8) is 0 Å². The van der Waals surface area contributed by atoms with Crippen LogP contribution in [0.2, 0.25) is 0 Å². The van der Waals surface area contributed by atoms with Gasteiger partial charge in [0, 0.05) is 12.7 Å². The van der Waals surface area contributed by atoms with Crippen molar-refractivity contribution in [2.45, 2.75) is 19.9 Å². The van der Waals surface area contributed by atoms with Gasteiger partial charge in [-0.3, -0.25) is 14.5 Å². The molecule has 0 atom stereocenters. The predicted molar refractivity (Wildman–Crippen MR) is 119 cm³/mol. The molecule has 1 amide bonds. The number of benzene rings is 1. The molecule has 0 spiro atoms. The van der Waals surface area contributed by atoms with Gasteiger partial charge in [0.25, 0.3) is 0 Å². The van der Waals surface area contributed by atoms with Crippen LogP contribution in [0.1, 0.15) is 11.3 Å². The van der Waals surface area contributed by atoms with Gasteiger partial charge < -0.3 is 5.32 Å². The molecule has 3 aromatic heterocycles. The Balaban J connectivity index is 1.47. The zero-order chi connectivity index (χ0) is 21.1. The van der Waals surface area contributed by atoms with E-state index in [1.807, 2.05) is 48.0 Å². The van der Waals surface area contributed by atoms with Crippen LogP contribution >= 0.6 is 23.6 Å². The third-order valence-corrected chi connectivity index (χ3v) is 5.72. The predicted octanol–water partition coefficient (Wildman–Crippen LogP) is 3.93. The zero-order valence-corrected chi connectivity index (χ0v) is 17.8. The number of nitrogens with one attached hydrogen (secondary N) is 2. The molecule has 0 unspecified atom stereocenters. The van der Waals surface area contributed by atoms with Gasteiger partial charge in [-0.25, -0.2) is 9.67 Å². The summed E-state index contributed by atoms with van der Waals surface area (Å²) >= 11 is 6.63. The van der Waals surface area contributed by atoms with Crippen LogP contribution in [-0.4, -0.2) is 35.4 Å². The van der Waals surface area contributed by atoms with Gasteiger partial charge >= 0.3 is 0 Å². The van der Waals surface area contributed by atoms with E-state index in [-0.39, 0.29) is 12.3 Å². The third kappa shape index (κ3) is 4.14. The van der Waals surface area contributed by atoms with E-state index in [4.69, 9.17) is 12.2 Å². The first-order valence-corrected chi connectivity index (χ1v) is 10.4. The van der Waals surface area contributed by atoms with E-state index in [1.165, 1.54) is 11.3 Å². The molecule has 4 rings (SSSR count). The number of H-pyrrole nitrogens is 1. The van der Waals surface area contributed by atoms with Gasteiger partial charge in [-0.15, -0.1) is 6.58 Å². The molecule has 0 radical (unpaired) electrons. The van der Waals surface area contributed by atoms with Gasteiger partial charge in [0.2, 0.25) is 5.91 Å². The van der Waals surface area contributed by atoms with Gasteiger partial charge in [-0.2, -0.15) is 10.2 Å². The molecule has 3 heterocycles. The summed E-state index contributed by atoms with van der Waals surface area (Å²) in [5.74, 6) is 0.521. The number of carbonyl (C=O) groups is 1. The van der Waals surface area contributed by atoms with Gasteiger partial charge in [0.1, 0.15) is 0 Å². The smallest absolute Gasteiger partial charge is 0.230 e. The molecular weight excluding hydrogens is 418 g/mol. The average Bonchev–Trinajstić information content (AvgIpc) is 3.43. The highest BCUT2D eigenvalue weighted by Gasteiger charge is 2.17. The molecule has 0 saturated heterocycles. The molecule has 0 bridgehead atoms. The number of allylic oxidation sites excluding steroid dienone is 1. The maximum atomic E-state index is 12.5. The average molecular weight is 438 g/mol. The lowest BCUT2D eigenvalue weighted by molar-refractivity contribution is -0.115. The topological polar surface area (TPSA) is 93.4 Å². The van der Waals surface area contributed by atoms with Crippen molar-refractivity contribution in [2.75, 3.05) is 5.32 Å². The van der Waals surface area contributed by atoms with Crippen LogP contribution in [-0.2, 0) is 17.8 Å². The van der Waals surface area contributed by atoms with E-state index < -0.39 is 0 Å². The van der Waals surface area contributed by atoms with Crippen molar-refractivity contribution in [3.8, 4) is 16.4 Å². The Labute approximate surface area is 181 Å². The van der Waals surface area contributed by atoms with E-state index in [1.54, 1.807) is 17.0 Å². The summed E-state index contributed by atoms with van der Waals surface area (Å²) in [4.78, 5) is 17.8. The van der Waals surface area contributed by atoms with Crippen LogP contribution in [0.15, 0.2) is 55.4 Å². The zero-order valence-electron chi connectivity index (χ0n) is 16.2. The molecule has 0 aliphatic rings. The highest BCUT2D eigenvalue weighted by atomic mass is 32.1. The van der Waals surface area contributed by atoms with Crippen molar-refractivity contribution >= 4 is 34.6 Å². The Bertz CT molecular complexity index is 1250. The van der Waals surface area contributed by atoms with E-state index in [0.29, 0.717) is 22.3 Å². The minimum atomic E-state index is -0.159. The van der Waals surface area contributed by atoms with Gasteiger partial charge in [0.15, 0.2) is 15.7 Å². The fourth-order valence-corrected chi connectivity index (χ4v) is 4.16. The summed E-state index contributed by atoms with van der Waals surface area (Å²) < 4.78 is 4.10. The molecule has 0 fully saturated rings. The maximum Gasteiger partial charge on any atom is 0.230 e. The lowest BCUT2D eigenvalue weighted by Gasteiger charge is -2.01. The van der Waals surface area contributed by atoms with Crippen molar-refractivity contribution < 1.29 is 4.79 Å². The monoisotopic (exact) mass is 437 g/mol. The summed E-state index contributed by atoms with van der Waals surface area (Å²) in [5, 5.41) is 14.8. The first-order chi connectivity index (χ1) is 14.5. The quantitative estimate of drug-likeness (QED) is 0.338. The standard InChI is InChI=1S/C20H19N7OS2/c1-3-9-26-18(24-25-20(26)29)17-13(2)22-19(30-17)23-16(28)10-14-11-21-27(12-14)15-7-5-4-6-8-15/h3-8,11-12H,1,9-10H2,2H3,(H,25,29)(H,22,23,28). The maximum absolute atomic E-state index is 12.5. The Morgan fingerprint density at radius 3 is 2.93 bits per heavy atom. The summed E-state index contributed by atoms with van der Waals surface area (Å²) in [5.41, 5.74) is 2.53. The second-order valence-electron chi connectivity index (χ2n) is 6.54. The van der Waals surface area contributed by atoms with Gasteiger partial charge in [-0.05, 0) is 36.8 Å². The van der Waals surface area contributed by atoms with Crippen LogP contribution in [0.3, 0.4) is 0 Å². The molecule has 2 N–H and O–H groups in total. The van der Waals surface area contributed by atoms with Crippen LogP contribution in [0.5, 0.6) is 0 Å². The highest BCUT2D eigenvalue weighted by Crippen LogP contribution is 2.31. The number of aromatic amines is 1. The van der Waals surface area contributed by atoms with Crippen molar-refractivity contribution in [1.29, 1.82) is 0 Å². The van der Waals surface area contributed by atoms with E-state index in [0.717, 1.165) is 21.8 Å². The molecule has 0 aliphatic carbocycles. The minimum absolute atomic E-state index is 0.159. The largest absolute Gasteiger partial charge is 0.302 e. The fourth-order valence-electron chi connectivity index (χ4n) is 2.97. The van der Waals surface area contributed by atoms with Gasteiger partial charge in [0.05, 0.1) is 28.9 Å². The van der Waals surface area contributed by atoms with Crippen molar-refractivity contribution in [2.24, 2.45) is 0 Å². The van der Waals surface area contributed by atoms with Crippen LogP contribution in [0.4, 0.5) is 5.13 Å². The number of aryl methyl sites for hydroxylation is 1. The number of amides is 1. The van der Waals surface area contributed by atoms with Crippen LogP contribution in [0, 0.1) is 11.7 Å². The second-order valence-corrected chi connectivity index (χ2v) is 7.92. The van der Waals surface area contributed by atoms with E-state index in [2.05, 4.69) is 32.2 Å². The molecule has 0 aliphatic heterocycles. The highest BCUT2D eigenvalue weighted by molar-refractivity contribution is 7.71. The van der Waals surface area contributed by atoms with Crippen molar-refractivity contribution in [1.82, 2.24) is 29.5 Å². The molecule has 0 saturated carbocycles. The summed E-state index contributed by atoms with van der Waals surface area (Å²) in [6.45, 7) is 6.17. The minimum Gasteiger partial charge on any atom is -0.302 e. The number of para-hydroxylation sites is 1. The summed E-state index contributed by atoms with van der Waals surface area (Å²) in [7, 11) is 0. The fraction of sp³-hybridized carbons (Fsp3) is 0.150. The number of hydrogen-bond donors (Lipinski definition) is 2. The molecule has 152 valence electrons. The normalized spacial score (nSPS) is 10.8. The van der Waals surface area contributed by atoms with Crippen LogP contribution in [0.25, 0.3) is 16.4 Å². The number of rotatable bonds is 7. The molecule has 10 heteroatoms. The number of hydrogen-bond acceptors (Lipinski definition) is 6. The first kappa shape index (κ1) is 19.9. The number of carbonyl (C=O) groups excluding carboxylic acids is 1. The number of aromatic nitrogens is 6. The number of anilines is 1. The van der Waals surface area contributed by atoms with Crippen molar-refractivity contribution in [3.05, 3.63) is 71.4 Å².